The number of aromatic nitrogens is 1. The molecule has 2 N–H and O–H groups in total. The van der Waals surface area contributed by atoms with Gasteiger partial charge in [0.25, 0.3) is 5.91 Å². The number of rotatable bonds is 4. The molecule has 0 spiro atoms. The van der Waals surface area contributed by atoms with Gasteiger partial charge in [-0.15, -0.1) is 0 Å². The fourth-order valence-corrected chi connectivity index (χ4v) is 2.97. The average molecular weight is 361 g/mol. The van der Waals surface area contributed by atoms with Crippen LogP contribution in [0.15, 0.2) is 67.0 Å². The fraction of sp³-hybridized carbons (Fsp3) is 0.143. The number of fused-ring (bicyclic) bond motifs is 1. The standard InChI is InChI=1S/C21H19N3O3/c1-14-21(26)23-18-13-16(6-9-19(18)27-14)22-20(25)12-15-4-7-17(8-5-15)24-10-2-3-11-24/h2-11,13-14H,12H2,1H3,(H,22,25)(H,23,26). The summed E-state index contributed by atoms with van der Waals surface area (Å²) in [5.41, 5.74) is 3.14. The molecule has 6 nitrogen and oxygen atoms in total. The highest BCUT2D eigenvalue weighted by Crippen LogP contribution is 2.32. The number of nitrogens with one attached hydrogen (secondary N) is 2. The number of anilines is 2. The highest BCUT2D eigenvalue weighted by molar-refractivity contribution is 5.99. The van der Waals surface area contributed by atoms with E-state index in [0.717, 1.165) is 11.3 Å². The molecule has 1 aliphatic heterocycles. The van der Waals surface area contributed by atoms with Crippen molar-refractivity contribution >= 4 is 23.2 Å². The number of carbonyl (C=O) groups is 2. The number of benzene rings is 2. The molecule has 0 fully saturated rings. The summed E-state index contributed by atoms with van der Waals surface area (Å²) >= 11 is 0. The Kier molecular flexibility index (Phi) is 4.38. The van der Waals surface area contributed by atoms with E-state index in [4.69, 9.17) is 4.74 Å². The van der Waals surface area contributed by atoms with Gasteiger partial charge in [0.05, 0.1) is 12.1 Å². The molecule has 1 aromatic heterocycles. The van der Waals surface area contributed by atoms with Crippen molar-refractivity contribution in [3.63, 3.8) is 0 Å². The second-order valence-electron chi connectivity index (χ2n) is 6.44. The molecule has 3 aromatic rings. The van der Waals surface area contributed by atoms with Gasteiger partial charge in [0.1, 0.15) is 5.75 Å². The Balaban J connectivity index is 1.41. The van der Waals surface area contributed by atoms with E-state index in [1.807, 2.05) is 53.4 Å². The Morgan fingerprint density at radius 3 is 2.63 bits per heavy atom. The van der Waals surface area contributed by atoms with Crippen LogP contribution in [0, 0.1) is 0 Å². The molecule has 0 radical (unpaired) electrons. The van der Waals surface area contributed by atoms with E-state index in [9.17, 15) is 9.59 Å². The van der Waals surface area contributed by atoms with Crippen LogP contribution in [0.25, 0.3) is 5.69 Å². The normalized spacial score (nSPS) is 15.4. The minimum Gasteiger partial charge on any atom is -0.479 e. The molecule has 4 rings (SSSR count). The summed E-state index contributed by atoms with van der Waals surface area (Å²) in [7, 11) is 0. The summed E-state index contributed by atoms with van der Waals surface area (Å²) in [5.74, 6) is 0.273. The monoisotopic (exact) mass is 361 g/mol. The van der Waals surface area contributed by atoms with Gasteiger partial charge < -0.3 is 19.9 Å². The first-order valence-electron chi connectivity index (χ1n) is 8.72. The second-order valence-corrected chi connectivity index (χ2v) is 6.44. The Labute approximate surface area is 156 Å². The topological polar surface area (TPSA) is 72.4 Å². The first-order valence-corrected chi connectivity index (χ1v) is 8.72. The highest BCUT2D eigenvalue weighted by Gasteiger charge is 2.23. The van der Waals surface area contributed by atoms with Gasteiger partial charge in [-0.2, -0.15) is 0 Å². The van der Waals surface area contributed by atoms with E-state index in [1.54, 1.807) is 25.1 Å². The number of carbonyl (C=O) groups excluding carboxylic acids is 2. The van der Waals surface area contributed by atoms with Crippen LogP contribution < -0.4 is 15.4 Å². The number of amides is 2. The molecule has 27 heavy (non-hydrogen) atoms. The highest BCUT2D eigenvalue weighted by atomic mass is 16.5. The summed E-state index contributed by atoms with van der Waals surface area (Å²) in [4.78, 5) is 24.1. The third-order valence-electron chi connectivity index (χ3n) is 4.40. The van der Waals surface area contributed by atoms with Crippen LogP contribution in [-0.2, 0) is 16.0 Å². The molecule has 6 heteroatoms. The zero-order chi connectivity index (χ0) is 18.8. The zero-order valence-electron chi connectivity index (χ0n) is 14.8. The lowest BCUT2D eigenvalue weighted by Gasteiger charge is -2.23. The summed E-state index contributed by atoms with van der Waals surface area (Å²) in [6.45, 7) is 1.69. The Bertz CT molecular complexity index is 978. The van der Waals surface area contributed by atoms with Gasteiger partial charge >= 0.3 is 0 Å². The average Bonchev–Trinajstić information content (AvgIpc) is 3.18. The number of hydrogen-bond acceptors (Lipinski definition) is 3. The van der Waals surface area contributed by atoms with Crippen molar-refractivity contribution < 1.29 is 14.3 Å². The number of hydrogen-bond donors (Lipinski definition) is 2. The van der Waals surface area contributed by atoms with Gasteiger partial charge in [0.2, 0.25) is 5.91 Å². The number of ether oxygens (including phenoxy) is 1. The maximum Gasteiger partial charge on any atom is 0.265 e. The molecule has 0 bridgehead atoms. The van der Waals surface area contributed by atoms with Gasteiger partial charge in [-0.1, -0.05) is 12.1 Å². The predicted octanol–water partition coefficient (Wildman–Crippen LogP) is 3.38. The molecule has 136 valence electrons. The summed E-state index contributed by atoms with van der Waals surface area (Å²) in [6, 6.07) is 17.0. The molecule has 0 saturated carbocycles. The van der Waals surface area contributed by atoms with Gasteiger partial charge in [-0.05, 0) is 55.0 Å². The van der Waals surface area contributed by atoms with E-state index in [1.165, 1.54) is 0 Å². The SMILES string of the molecule is CC1Oc2ccc(NC(=O)Cc3ccc(-n4cccc4)cc3)cc2NC1=O. The van der Waals surface area contributed by atoms with E-state index in [-0.39, 0.29) is 18.2 Å². The van der Waals surface area contributed by atoms with E-state index in [0.29, 0.717) is 17.1 Å². The third kappa shape index (κ3) is 3.69. The van der Waals surface area contributed by atoms with Crippen molar-refractivity contribution in [1.82, 2.24) is 4.57 Å². The molecular formula is C21H19N3O3. The second kappa shape index (κ2) is 6.99. The van der Waals surface area contributed by atoms with Gasteiger partial charge in [0.15, 0.2) is 6.10 Å². The largest absolute Gasteiger partial charge is 0.479 e. The van der Waals surface area contributed by atoms with Crippen LogP contribution in [0.2, 0.25) is 0 Å². The van der Waals surface area contributed by atoms with Crippen LogP contribution in [0.5, 0.6) is 5.75 Å². The van der Waals surface area contributed by atoms with E-state index in [2.05, 4.69) is 10.6 Å². The lowest BCUT2D eigenvalue weighted by Crippen LogP contribution is -2.34. The van der Waals surface area contributed by atoms with Gasteiger partial charge in [-0.3, -0.25) is 9.59 Å². The quantitative estimate of drug-likeness (QED) is 0.748. The van der Waals surface area contributed by atoms with Crippen LogP contribution in [0.3, 0.4) is 0 Å². The molecule has 1 atom stereocenters. The zero-order valence-corrected chi connectivity index (χ0v) is 14.8. The molecule has 1 aliphatic rings. The molecule has 1 unspecified atom stereocenters. The number of nitrogens with zero attached hydrogens (tertiary/aromatic N) is 1. The lowest BCUT2D eigenvalue weighted by atomic mass is 10.1. The van der Waals surface area contributed by atoms with Crippen molar-refractivity contribution in [3.05, 3.63) is 72.6 Å². The molecule has 0 aliphatic carbocycles. The maximum absolute atomic E-state index is 12.3. The Morgan fingerprint density at radius 1 is 1.15 bits per heavy atom. The van der Waals surface area contributed by atoms with Crippen molar-refractivity contribution in [2.45, 2.75) is 19.4 Å². The molecule has 2 heterocycles. The summed E-state index contributed by atoms with van der Waals surface area (Å²) in [6.07, 6.45) is 3.69. The van der Waals surface area contributed by atoms with Gasteiger partial charge in [0, 0.05) is 23.8 Å². The van der Waals surface area contributed by atoms with Crippen LogP contribution in [0.4, 0.5) is 11.4 Å². The lowest BCUT2D eigenvalue weighted by molar-refractivity contribution is -0.122. The first kappa shape index (κ1) is 16.9. The fourth-order valence-electron chi connectivity index (χ4n) is 2.97. The van der Waals surface area contributed by atoms with Crippen molar-refractivity contribution in [1.29, 1.82) is 0 Å². The molecular weight excluding hydrogens is 342 g/mol. The predicted molar refractivity (Wildman–Crippen MR) is 103 cm³/mol. The van der Waals surface area contributed by atoms with Crippen LogP contribution in [0.1, 0.15) is 12.5 Å². The molecule has 0 saturated heterocycles. The first-order chi connectivity index (χ1) is 13.1. The van der Waals surface area contributed by atoms with E-state index >= 15 is 0 Å². The summed E-state index contributed by atoms with van der Waals surface area (Å²) < 4.78 is 7.52. The van der Waals surface area contributed by atoms with Crippen molar-refractivity contribution in [3.8, 4) is 11.4 Å². The van der Waals surface area contributed by atoms with Crippen molar-refractivity contribution in [2.75, 3.05) is 10.6 Å². The van der Waals surface area contributed by atoms with Crippen LogP contribution in [-0.4, -0.2) is 22.5 Å². The summed E-state index contributed by atoms with van der Waals surface area (Å²) in [5, 5.41) is 5.63. The van der Waals surface area contributed by atoms with Crippen molar-refractivity contribution in [2.24, 2.45) is 0 Å². The molecule has 2 amide bonds. The Morgan fingerprint density at radius 2 is 1.89 bits per heavy atom. The van der Waals surface area contributed by atoms with Crippen LogP contribution >= 0.6 is 0 Å². The minimum absolute atomic E-state index is 0.125. The van der Waals surface area contributed by atoms with E-state index < -0.39 is 6.10 Å². The molecule has 2 aromatic carbocycles. The maximum atomic E-state index is 12.3. The van der Waals surface area contributed by atoms with Gasteiger partial charge in [-0.25, -0.2) is 0 Å². The smallest absolute Gasteiger partial charge is 0.265 e. The third-order valence-corrected chi connectivity index (χ3v) is 4.40. The Hall–Kier alpha value is -3.54. The minimum atomic E-state index is -0.521.